The first-order valence-electron chi connectivity index (χ1n) is 11.3. The highest BCUT2D eigenvalue weighted by Gasteiger charge is 2.32. The predicted molar refractivity (Wildman–Crippen MR) is 120 cm³/mol. The van der Waals surface area contributed by atoms with Gasteiger partial charge >= 0.3 is 0 Å². The standard InChI is InChI=1S/C23H37N3O3S/c1-17(2)20-5-7-22(8-6-20)30(28,29)26-13-10-21(11-14-26)23(27)24-15-19-9-12-25(16-19)18(3)4/h5-8,17-19,21H,9-16H2,1-4H3,(H,24,27). The van der Waals surface area contributed by atoms with Gasteiger partial charge in [0.2, 0.25) is 15.9 Å². The van der Waals surface area contributed by atoms with Gasteiger partial charge in [0.1, 0.15) is 0 Å². The lowest BCUT2D eigenvalue weighted by Crippen LogP contribution is -2.44. The molecule has 2 aliphatic rings. The molecule has 0 bridgehead atoms. The number of carbonyl (C=O) groups is 1. The maximum Gasteiger partial charge on any atom is 0.243 e. The molecule has 3 rings (SSSR count). The molecule has 0 aliphatic carbocycles. The van der Waals surface area contributed by atoms with E-state index in [4.69, 9.17) is 0 Å². The van der Waals surface area contributed by atoms with Crippen molar-refractivity contribution >= 4 is 15.9 Å². The van der Waals surface area contributed by atoms with Crippen molar-refractivity contribution in [1.29, 1.82) is 0 Å². The van der Waals surface area contributed by atoms with Crippen LogP contribution in [0.15, 0.2) is 29.2 Å². The second-order valence-electron chi connectivity index (χ2n) is 9.39. The van der Waals surface area contributed by atoms with Crippen LogP contribution in [0.1, 0.15) is 58.4 Å². The van der Waals surface area contributed by atoms with Crippen LogP contribution in [0.4, 0.5) is 0 Å². The number of hydrogen-bond acceptors (Lipinski definition) is 4. The van der Waals surface area contributed by atoms with Gasteiger partial charge in [-0.15, -0.1) is 0 Å². The van der Waals surface area contributed by atoms with Gasteiger partial charge in [-0.3, -0.25) is 4.79 Å². The van der Waals surface area contributed by atoms with Crippen molar-refractivity contribution in [3.63, 3.8) is 0 Å². The van der Waals surface area contributed by atoms with Crippen LogP contribution in [0.5, 0.6) is 0 Å². The Labute approximate surface area is 182 Å². The number of hydrogen-bond donors (Lipinski definition) is 1. The van der Waals surface area contributed by atoms with Crippen molar-refractivity contribution in [3.8, 4) is 0 Å². The molecule has 0 aromatic heterocycles. The summed E-state index contributed by atoms with van der Waals surface area (Å²) >= 11 is 0. The summed E-state index contributed by atoms with van der Waals surface area (Å²) in [4.78, 5) is 15.4. The van der Waals surface area contributed by atoms with Gasteiger partial charge < -0.3 is 10.2 Å². The van der Waals surface area contributed by atoms with Gasteiger partial charge in [-0.2, -0.15) is 4.31 Å². The maximum atomic E-state index is 13.0. The van der Waals surface area contributed by atoms with Crippen molar-refractivity contribution in [2.75, 3.05) is 32.7 Å². The highest BCUT2D eigenvalue weighted by molar-refractivity contribution is 7.89. The third-order valence-corrected chi connectivity index (χ3v) is 8.53. The van der Waals surface area contributed by atoms with Crippen LogP contribution in [-0.2, 0) is 14.8 Å². The zero-order chi connectivity index (χ0) is 21.9. The number of carbonyl (C=O) groups excluding carboxylic acids is 1. The molecule has 0 spiro atoms. The molecule has 1 atom stereocenters. The Kier molecular flexibility index (Phi) is 7.58. The Morgan fingerprint density at radius 1 is 1.03 bits per heavy atom. The van der Waals surface area contributed by atoms with Gasteiger partial charge in [-0.25, -0.2) is 8.42 Å². The Balaban J connectivity index is 1.48. The van der Waals surface area contributed by atoms with Gasteiger partial charge in [-0.1, -0.05) is 26.0 Å². The van der Waals surface area contributed by atoms with Gasteiger partial charge in [0, 0.05) is 38.1 Å². The number of nitrogens with one attached hydrogen (secondary N) is 1. The lowest BCUT2D eigenvalue weighted by Gasteiger charge is -2.31. The third-order valence-electron chi connectivity index (χ3n) is 6.62. The summed E-state index contributed by atoms with van der Waals surface area (Å²) in [6, 6.07) is 7.73. The topological polar surface area (TPSA) is 69.7 Å². The van der Waals surface area contributed by atoms with E-state index in [0.29, 0.717) is 48.7 Å². The summed E-state index contributed by atoms with van der Waals surface area (Å²) in [7, 11) is -3.50. The van der Waals surface area contributed by atoms with Gasteiger partial charge in [0.15, 0.2) is 0 Å². The Hall–Kier alpha value is -1.44. The molecular weight excluding hydrogens is 398 g/mol. The summed E-state index contributed by atoms with van der Waals surface area (Å²) < 4.78 is 27.4. The molecule has 1 unspecified atom stereocenters. The molecular formula is C23H37N3O3S. The van der Waals surface area contributed by atoms with Crippen molar-refractivity contribution in [2.45, 2.75) is 63.8 Å². The molecule has 168 valence electrons. The summed E-state index contributed by atoms with van der Waals surface area (Å²) in [5.41, 5.74) is 1.13. The van der Waals surface area contributed by atoms with Crippen molar-refractivity contribution < 1.29 is 13.2 Å². The highest BCUT2D eigenvalue weighted by Crippen LogP contribution is 2.25. The van der Waals surface area contributed by atoms with E-state index in [2.05, 4.69) is 37.9 Å². The monoisotopic (exact) mass is 435 g/mol. The molecule has 1 N–H and O–H groups in total. The molecule has 2 heterocycles. The first kappa shape index (κ1) is 23.2. The molecule has 2 saturated heterocycles. The zero-order valence-corrected chi connectivity index (χ0v) is 19.6. The van der Waals surface area contributed by atoms with E-state index >= 15 is 0 Å². The minimum atomic E-state index is -3.50. The fourth-order valence-corrected chi connectivity index (χ4v) is 5.89. The molecule has 2 aliphatic heterocycles. The number of amides is 1. The Morgan fingerprint density at radius 2 is 1.67 bits per heavy atom. The average molecular weight is 436 g/mol. The normalized spacial score (nSPS) is 22.1. The molecule has 1 aromatic carbocycles. The highest BCUT2D eigenvalue weighted by atomic mass is 32.2. The third kappa shape index (κ3) is 5.42. The Morgan fingerprint density at radius 3 is 2.20 bits per heavy atom. The SMILES string of the molecule is CC(C)c1ccc(S(=O)(=O)N2CCC(C(=O)NCC3CCN(C(C)C)C3)CC2)cc1. The van der Waals surface area contributed by atoms with Gasteiger partial charge in [0.05, 0.1) is 4.90 Å². The molecule has 7 heteroatoms. The van der Waals surface area contributed by atoms with E-state index in [9.17, 15) is 13.2 Å². The van der Waals surface area contributed by atoms with Crippen molar-refractivity contribution in [1.82, 2.24) is 14.5 Å². The number of rotatable bonds is 7. The number of piperidine rings is 1. The van der Waals surface area contributed by atoms with E-state index in [-0.39, 0.29) is 11.8 Å². The van der Waals surface area contributed by atoms with Crippen molar-refractivity contribution in [2.24, 2.45) is 11.8 Å². The number of sulfonamides is 1. The van der Waals surface area contributed by atoms with Crippen LogP contribution in [-0.4, -0.2) is 62.3 Å². The lowest BCUT2D eigenvalue weighted by molar-refractivity contribution is -0.126. The quantitative estimate of drug-likeness (QED) is 0.715. The summed E-state index contributed by atoms with van der Waals surface area (Å²) in [6.45, 7) is 12.3. The lowest BCUT2D eigenvalue weighted by atomic mass is 9.97. The second kappa shape index (κ2) is 9.79. The second-order valence-corrected chi connectivity index (χ2v) is 11.3. The number of nitrogens with zero attached hydrogens (tertiary/aromatic N) is 2. The molecule has 1 amide bonds. The molecule has 30 heavy (non-hydrogen) atoms. The van der Waals surface area contributed by atoms with Crippen LogP contribution >= 0.6 is 0 Å². The van der Waals surface area contributed by atoms with E-state index < -0.39 is 10.0 Å². The smallest absolute Gasteiger partial charge is 0.243 e. The van der Waals surface area contributed by atoms with Crippen LogP contribution in [0.2, 0.25) is 0 Å². The van der Waals surface area contributed by atoms with Crippen molar-refractivity contribution in [3.05, 3.63) is 29.8 Å². The molecule has 0 saturated carbocycles. The largest absolute Gasteiger partial charge is 0.356 e. The molecule has 1 aromatic rings. The zero-order valence-electron chi connectivity index (χ0n) is 18.8. The van der Waals surface area contributed by atoms with Crippen LogP contribution < -0.4 is 5.32 Å². The van der Waals surface area contributed by atoms with E-state index in [0.717, 1.165) is 31.6 Å². The first-order chi connectivity index (χ1) is 14.2. The van der Waals surface area contributed by atoms with Crippen LogP contribution in [0, 0.1) is 11.8 Å². The fraction of sp³-hybridized carbons (Fsp3) is 0.696. The fourth-order valence-electron chi connectivity index (χ4n) is 4.42. The van der Waals surface area contributed by atoms with E-state index in [1.807, 2.05) is 12.1 Å². The maximum absolute atomic E-state index is 13.0. The minimum absolute atomic E-state index is 0.0799. The van der Waals surface area contributed by atoms with Crippen LogP contribution in [0.25, 0.3) is 0 Å². The first-order valence-corrected chi connectivity index (χ1v) is 12.7. The number of likely N-dealkylation sites (tertiary alicyclic amines) is 1. The van der Waals surface area contributed by atoms with E-state index in [1.165, 1.54) is 4.31 Å². The summed E-state index contributed by atoms with van der Waals surface area (Å²) in [5.74, 6) is 0.873. The molecule has 0 radical (unpaired) electrons. The average Bonchev–Trinajstić information content (AvgIpc) is 3.21. The minimum Gasteiger partial charge on any atom is -0.356 e. The molecule has 6 nitrogen and oxygen atoms in total. The van der Waals surface area contributed by atoms with Gasteiger partial charge in [-0.05, 0) is 69.2 Å². The van der Waals surface area contributed by atoms with Crippen LogP contribution in [0.3, 0.4) is 0 Å². The Bertz CT molecular complexity index is 813. The summed E-state index contributed by atoms with van der Waals surface area (Å²) in [6.07, 6.45) is 2.29. The van der Waals surface area contributed by atoms with Gasteiger partial charge in [0.25, 0.3) is 0 Å². The van der Waals surface area contributed by atoms with E-state index in [1.54, 1.807) is 12.1 Å². The number of benzene rings is 1. The summed E-state index contributed by atoms with van der Waals surface area (Å²) in [5, 5.41) is 3.12. The molecule has 2 fully saturated rings. The predicted octanol–water partition coefficient (Wildman–Crippen LogP) is 3.06.